The summed E-state index contributed by atoms with van der Waals surface area (Å²) in [6.07, 6.45) is -2.89. The second-order valence-electron chi connectivity index (χ2n) is 6.00. The molecule has 0 saturated carbocycles. The predicted octanol–water partition coefficient (Wildman–Crippen LogP) is 3.20. The lowest BCUT2D eigenvalue weighted by Crippen LogP contribution is -2.27. The summed E-state index contributed by atoms with van der Waals surface area (Å²) in [4.78, 5) is 18.0. The fourth-order valence-corrected chi connectivity index (χ4v) is 2.85. The van der Waals surface area contributed by atoms with Crippen LogP contribution in [0.25, 0.3) is 5.65 Å². The number of alkyl halides is 3. The molecule has 11 heteroatoms. The average molecular weight is 401 g/mol. The number of hydrogen-bond acceptors (Lipinski definition) is 4. The summed E-state index contributed by atoms with van der Waals surface area (Å²) in [5, 5.41) is 7.84. The number of hydrogen-bond donors (Lipinski definition) is 0. The Morgan fingerprint density at radius 2 is 2.04 bits per heavy atom. The Balaban J connectivity index is 1.98. The van der Waals surface area contributed by atoms with Crippen LogP contribution in [0.15, 0.2) is 18.3 Å². The number of carbonyl (C=O) groups is 1. The van der Waals surface area contributed by atoms with Gasteiger partial charge in [-0.3, -0.25) is 9.48 Å². The highest BCUT2D eigenvalue weighted by atomic mass is 35.5. The van der Waals surface area contributed by atoms with E-state index in [4.69, 9.17) is 11.6 Å². The van der Waals surface area contributed by atoms with Gasteiger partial charge in [-0.1, -0.05) is 11.6 Å². The monoisotopic (exact) mass is 400 g/mol. The van der Waals surface area contributed by atoms with E-state index >= 15 is 0 Å². The first-order valence-corrected chi connectivity index (χ1v) is 8.40. The van der Waals surface area contributed by atoms with Gasteiger partial charge in [0.15, 0.2) is 11.3 Å². The van der Waals surface area contributed by atoms with Crippen LogP contribution in [-0.4, -0.2) is 42.2 Å². The van der Waals surface area contributed by atoms with Crippen molar-refractivity contribution >= 4 is 23.2 Å². The maximum Gasteiger partial charge on any atom is 0.433 e. The third kappa shape index (κ3) is 3.61. The number of aromatic nitrogens is 5. The molecular weight excluding hydrogens is 385 g/mol. The summed E-state index contributed by atoms with van der Waals surface area (Å²) in [5.74, 6) is -0.623. The quantitative estimate of drug-likeness (QED) is 0.674. The molecule has 0 spiro atoms. The summed E-state index contributed by atoms with van der Waals surface area (Å²) in [6, 6.07) is 2.61. The second-order valence-corrected chi connectivity index (χ2v) is 6.38. The molecule has 3 heterocycles. The van der Waals surface area contributed by atoms with Crippen molar-refractivity contribution in [2.24, 2.45) is 0 Å². The topological polar surface area (TPSA) is 68.3 Å². The first-order valence-electron chi connectivity index (χ1n) is 8.02. The number of fused-ring (bicyclic) bond motifs is 1. The summed E-state index contributed by atoms with van der Waals surface area (Å²) >= 11 is 6.14. The van der Waals surface area contributed by atoms with E-state index in [1.807, 2.05) is 6.92 Å². The lowest BCUT2D eigenvalue weighted by atomic mass is 10.3. The molecule has 0 saturated heterocycles. The zero-order chi connectivity index (χ0) is 19.9. The van der Waals surface area contributed by atoms with Crippen LogP contribution in [0.2, 0.25) is 5.02 Å². The number of amides is 1. The van der Waals surface area contributed by atoms with Crippen LogP contribution in [0.1, 0.15) is 34.5 Å². The van der Waals surface area contributed by atoms with Crippen molar-refractivity contribution in [3.8, 4) is 0 Å². The van der Waals surface area contributed by atoms with Crippen molar-refractivity contribution in [3.63, 3.8) is 0 Å². The molecule has 0 aliphatic rings. The van der Waals surface area contributed by atoms with Gasteiger partial charge >= 0.3 is 6.18 Å². The molecule has 0 atom stereocenters. The third-order valence-electron chi connectivity index (χ3n) is 3.92. The summed E-state index contributed by atoms with van der Waals surface area (Å²) < 4.78 is 42.1. The second kappa shape index (κ2) is 6.84. The van der Waals surface area contributed by atoms with Crippen molar-refractivity contribution in [3.05, 3.63) is 46.1 Å². The van der Waals surface area contributed by atoms with Gasteiger partial charge in [0, 0.05) is 25.5 Å². The molecule has 0 aliphatic carbocycles. The van der Waals surface area contributed by atoms with Gasteiger partial charge in [-0.05, 0) is 26.0 Å². The van der Waals surface area contributed by atoms with Crippen molar-refractivity contribution in [1.29, 1.82) is 0 Å². The largest absolute Gasteiger partial charge is 0.433 e. The molecule has 1 amide bonds. The molecule has 0 fully saturated rings. The Kier molecular flexibility index (Phi) is 4.85. The van der Waals surface area contributed by atoms with Gasteiger partial charge in [-0.25, -0.2) is 9.50 Å². The van der Waals surface area contributed by atoms with Crippen LogP contribution in [-0.2, 0) is 19.3 Å². The van der Waals surface area contributed by atoms with E-state index < -0.39 is 17.8 Å². The molecule has 27 heavy (non-hydrogen) atoms. The van der Waals surface area contributed by atoms with Gasteiger partial charge in [0.2, 0.25) is 0 Å². The molecule has 3 aromatic rings. The van der Waals surface area contributed by atoms with Crippen LogP contribution in [0.5, 0.6) is 0 Å². The molecule has 3 rings (SSSR count). The number of nitrogens with zero attached hydrogens (tertiary/aromatic N) is 6. The predicted molar refractivity (Wildman–Crippen MR) is 91.4 cm³/mol. The van der Waals surface area contributed by atoms with Crippen LogP contribution in [0.3, 0.4) is 0 Å². The average Bonchev–Trinajstić information content (AvgIpc) is 3.17. The van der Waals surface area contributed by atoms with E-state index in [0.29, 0.717) is 16.8 Å². The number of carbonyl (C=O) groups excluding carboxylic acids is 1. The third-order valence-corrected chi connectivity index (χ3v) is 4.27. The first-order chi connectivity index (χ1) is 12.6. The SMILES string of the molecule is CCn1ccc(CN(C)C(=O)c2nn3c(C(F)(F)F)cc(C)nc3c2Cl)n1. The highest BCUT2D eigenvalue weighted by Crippen LogP contribution is 2.32. The molecular formula is C16H16ClF3N6O. The normalized spacial score (nSPS) is 12.0. The van der Waals surface area contributed by atoms with Gasteiger partial charge < -0.3 is 4.90 Å². The van der Waals surface area contributed by atoms with E-state index in [0.717, 1.165) is 6.07 Å². The van der Waals surface area contributed by atoms with E-state index in [2.05, 4.69) is 15.2 Å². The van der Waals surface area contributed by atoms with Gasteiger partial charge in [-0.15, -0.1) is 0 Å². The van der Waals surface area contributed by atoms with E-state index in [-0.39, 0.29) is 28.6 Å². The van der Waals surface area contributed by atoms with Crippen molar-refractivity contribution in [2.45, 2.75) is 33.1 Å². The molecule has 0 aromatic carbocycles. The fraction of sp³-hybridized carbons (Fsp3) is 0.375. The highest BCUT2D eigenvalue weighted by molar-refractivity contribution is 6.36. The maximum absolute atomic E-state index is 13.3. The van der Waals surface area contributed by atoms with E-state index in [1.54, 1.807) is 16.9 Å². The van der Waals surface area contributed by atoms with Gasteiger partial charge in [0.1, 0.15) is 10.7 Å². The summed E-state index contributed by atoms with van der Waals surface area (Å²) in [7, 11) is 1.50. The van der Waals surface area contributed by atoms with Gasteiger partial charge in [0.25, 0.3) is 5.91 Å². The lowest BCUT2D eigenvalue weighted by molar-refractivity contribution is -0.142. The Labute approximate surface area is 157 Å². The molecule has 3 aromatic heterocycles. The first kappa shape index (κ1) is 19.2. The van der Waals surface area contributed by atoms with Crippen LogP contribution in [0.4, 0.5) is 13.2 Å². The zero-order valence-corrected chi connectivity index (χ0v) is 15.5. The Bertz CT molecular complexity index is 1010. The van der Waals surface area contributed by atoms with Gasteiger partial charge in [0.05, 0.1) is 12.2 Å². The molecule has 144 valence electrons. The standard InChI is InChI=1S/C16H16ClF3N6O/c1-4-25-6-5-10(22-25)8-24(3)15(27)13-12(17)14-21-9(2)7-11(16(18,19)20)26(14)23-13/h5-7H,4,8H2,1-3H3. The molecule has 0 unspecified atom stereocenters. The van der Waals surface area contributed by atoms with Crippen LogP contribution in [0, 0.1) is 6.92 Å². The van der Waals surface area contributed by atoms with E-state index in [9.17, 15) is 18.0 Å². The minimum absolute atomic E-state index is 0.120. The van der Waals surface area contributed by atoms with E-state index in [1.165, 1.54) is 18.9 Å². The van der Waals surface area contributed by atoms with Crippen molar-refractivity contribution in [2.75, 3.05) is 7.05 Å². The Morgan fingerprint density at radius 1 is 1.33 bits per heavy atom. The highest BCUT2D eigenvalue weighted by Gasteiger charge is 2.36. The molecule has 0 aliphatic heterocycles. The molecule has 7 nitrogen and oxygen atoms in total. The Hall–Kier alpha value is -2.62. The smallest absolute Gasteiger partial charge is 0.334 e. The summed E-state index contributed by atoms with van der Waals surface area (Å²) in [5.41, 5.74) is -0.796. The minimum atomic E-state index is -4.67. The number of halogens is 4. The van der Waals surface area contributed by atoms with Crippen molar-refractivity contribution in [1.82, 2.24) is 29.3 Å². The van der Waals surface area contributed by atoms with Crippen LogP contribution < -0.4 is 0 Å². The van der Waals surface area contributed by atoms with Crippen molar-refractivity contribution < 1.29 is 18.0 Å². The van der Waals surface area contributed by atoms with Crippen LogP contribution >= 0.6 is 11.6 Å². The summed E-state index contributed by atoms with van der Waals surface area (Å²) in [6.45, 7) is 4.18. The fourth-order valence-electron chi connectivity index (χ4n) is 2.61. The number of aryl methyl sites for hydroxylation is 2. The lowest BCUT2D eigenvalue weighted by Gasteiger charge is -2.14. The van der Waals surface area contributed by atoms with Gasteiger partial charge in [-0.2, -0.15) is 23.4 Å². The zero-order valence-electron chi connectivity index (χ0n) is 14.7. The maximum atomic E-state index is 13.3. The molecule has 0 N–H and O–H groups in total. The molecule has 0 radical (unpaired) electrons. The minimum Gasteiger partial charge on any atom is -0.334 e. The number of rotatable bonds is 4. The molecule has 0 bridgehead atoms. The Morgan fingerprint density at radius 3 is 2.63 bits per heavy atom.